The van der Waals surface area contributed by atoms with Crippen LogP contribution in [-0.4, -0.2) is 39.8 Å². The van der Waals surface area contributed by atoms with E-state index in [4.69, 9.17) is 26.2 Å². The molecule has 1 saturated heterocycles. The minimum absolute atomic E-state index is 0.0813. The Morgan fingerprint density at radius 3 is 2.54 bits per heavy atom. The van der Waals surface area contributed by atoms with Crippen LogP contribution in [0.3, 0.4) is 0 Å². The van der Waals surface area contributed by atoms with Gasteiger partial charge in [-0.05, 0) is 56.9 Å². The van der Waals surface area contributed by atoms with Gasteiger partial charge in [-0.2, -0.15) is 5.10 Å². The highest BCUT2D eigenvalue weighted by molar-refractivity contribution is 6.32. The molecule has 35 heavy (non-hydrogen) atoms. The summed E-state index contributed by atoms with van der Waals surface area (Å²) in [6.07, 6.45) is 6.28. The van der Waals surface area contributed by atoms with Crippen LogP contribution in [0.2, 0.25) is 5.02 Å². The molecule has 1 aliphatic carbocycles. The van der Waals surface area contributed by atoms with Crippen molar-refractivity contribution in [2.24, 2.45) is 5.92 Å². The second-order valence-electron chi connectivity index (χ2n) is 9.48. The molecule has 2 fully saturated rings. The zero-order valence-corrected chi connectivity index (χ0v) is 20.9. The first kappa shape index (κ1) is 23.9. The van der Waals surface area contributed by atoms with Crippen molar-refractivity contribution in [1.82, 2.24) is 14.7 Å². The van der Waals surface area contributed by atoms with E-state index in [9.17, 15) is 4.79 Å². The third kappa shape index (κ3) is 5.39. The first-order chi connectivity index (χ1) is 17.1. The number of nitrogens with zero attached hydrogens (tertiary/aromatic N) is 3. The Morgan fingerprint density at radius 2 is 1.83 bits per heavy atom. The summed E-state index contributed by atoms with van der Waals surface area (Å²) in [5.41, 5.74) is 2.60. The summed E-state index contributed by atoms with van der Waals surface area (Å²) in [5, 5.41) is 5.35. The number of hydrogen-bond donors (Lipinski definition) is 0. The van der Waals surface area contributed by atoms with Gasteiger partial charge in [-0.15, -0.1) is 0 Å². The maximum atomic E-state index is 13.6. The van der Waals surface area contributed by atoms with E-state index < -0.39 is 0 Å². The molecular formula is C28H32ClN3O3. The molecule has 0 spiro atoms. The molecule has 5 rings (SSSR count). The molecule has 0 N–H and O–H groups in total. The average molecular weight is 494 g/mol. The predicted octanol–water partition coefficient (Wildman–Crippen LogP) is 6.32. The van der Waals surface area contributed by atoms with Crippen LogP contribution in [0.4, 0.5) is 0 Å². The lowest BCUT2D eigenvalue weighted by atomic mass is 10.1. The van der Waals surface area contributed by atoms with Crippen molar-refractivity contribution in [3.63, 3.8) is 0 Å². The predicted molar refractivity (Wildman–Crippen MR) is 136 cm³/mol. The third-order valence-corrected chi connectivity index (χ3v) is 7.31. The van der Waals surface area contributed by atoms with E-state index in [0.29, 0.717) is 29.7 Å². The summed E-state index contributed by atoms with van der Waals surface area (Å²) in [7, 11) is 0. The quantitative estimate of drug-likeness (QED) is 0.368. The maximum absolute atomic E-state index is 13.6. The van der Waals surface area contributed by atoms with Crippen molar-refractivity contribution in [1.29, 1.82) is 0 Å². The summed E-state index contributed by atoms with van der Waals surface area (Å²) >= 11 is 6.45. The Balaban J connectivity index is 1.52. The average Bonchev–Trinajstić information content (AvgIpc) is 3.64. The van der Waals surface area contributed by atoms with Gasteiger partial charge in [-0.1, -0.05) is 54.8 Å². The van der Waals surface area contributed by atoms with Crippen LogP contribution in [0.15, 0.2) is 54.6 Å². The molecular weight excluding hydrogens is 462 g/mol. The van der Waals surface area contributed by atoms with Crippen molar-refractivity contribution in [3.05, 3.63) is 70.9 Å². The van der Waals surface area contributed by atoms with Crippen molar-refractivity contribution < 1.29 is 14.3 Å². The number of hydrogen-bond acceptors (Lipinski definition) is 4. The molecule has 2 heterocycles. The summed E-state index contributed by atoms with van der Waals surface area (Å²) in [5.74, 6) is 1.45. The van der Waals surface area contributed by atoms with Crippen LogP contribution >= 0.6 is 11.6 Å². The van der Waals surface area contributed by atoms with E-state index in [1.807, 2.05) is 60.4 Å². The number of benzene rings is 2. The zero-order valence-electron chi connectivity index (χ0n) is 20.2. The topological polar surface area (TPSA) is 56.6 Å². The molecule has 1 saturated carbocycles. The van der Waals surface area contributed by atoms with Crippen LogP contribution in [0.5, 0.6) is 11.6 Å². The molecule has 6 nitrogen and oxygen atoms in total. The molecule has 0 radical (unpaired) electrons. The van der Waals surface area contributed by atoms with E-state index in [1.165, 1.54) is 0 Å². The highest BCUT2D eigenvalue weighted by atomic mass is 35.5. The standard InChI is InChI=1S/C28H32ClN3O3/c1-20-24(19-31(18-23-14-9-17-34-23)27(33)21-10-5-6-11-21)28(35-26-16-8-7-15-25(26)29)32(30-20)22-12-3-2-4-13-22/h2-4,7-8,12-13,15-16,21,23H,5-6,9-11,14,17-19H2,1H3. The minimum atomic E-state index is 0.0813. The number of carbonyl (C=O) groups is 1. The fraction of sp³-hybridized carbons (Fsp3) is 0.429. The highest BCUT2D eigenvalue weighted by Gasteiger charge is 2.32. The van der Waals surface area contributed by atoms with Gasteiger partial charge in [0.05, 0.1) is 34.6 Å². The van der Waals surface area contributed by atoms with Gasteiger partial charge in [0.15, 0.2) is 0 Å². The lowest BCUT2D eigenvalue weighted by Gasteiger charge is -2.28. The normalized spacial score (nSPS) is 18.2. The monoisotopic (exact) mass is 493 g/mol. The van der Waals surface area contributed by atoms with E-state index in [2.05, 4.69) is 0 Å². The number of amides is 1. The van der Waals surface area contributed by atoms with Crippen LogP contribution < -0.4 is 4.74 Å². The van der Waals surface area contributed by atoms with Gasteiger partial charge in [0, 0.05) is 19.1 Å². The van der Waals surface area contributed by atoms with Gasteiger partial charge in [0.2, 0.25) is 11.8 Å². The minimum Gasteiger partial charge on any atom is -0.437 e. The van der Waals surface area contributed by atoms with E-state index >= 15 is 0 Å². The Kier molecular flexibility index (Phi) is 7.40. The summed E-state index contributed by atoms with van der Waals surface area (Å²) in [6, 6.07) is 17.3. The van der Waals surface area contributed by atoms with Crippen molar-refractivity contribution in [2.75, 3.05) is 13.2 Å². The fourth-order valence-electron chi connectivity index (χ4n) is 5.09. The molecule has 184 valence electrons. The van der Waals surface area contributed by atoms with Crippen molar-refractivity contribution in [3.8, 4) is 17.3 Å². The molecule has 1 unspecified atom stereocenters. The molecule has 1 amide bonds. The number of halogens is 1. The number of rotatable bonds is 8. The summed E-state index contributed by atoms with van der Waals surface area (Å²) in [6.45, 7) is 3.75. The van der Waals surface area contributed by atoms with Gasteiger partial charge >= 0.3 is 0 Å². The number of aromatic nitrogens is 2. The second kappa shape index (κ2) is 10.8. The van der Waals surface area contributed by atoms with E-state index in [1.54, 1.807) is 10.7 Å². The molecule has 1 aromatic heterocycles. The van der Waals surface area contributed by atoms with Crippen LogP contribution in [0.1, 0.15) is 49.8 Å². The Labute approximate surface area is 211 Å². The zero-order chi connectivity index (χ0) is 24.2. The highest BCUT2D eigenvalue weighted by Crippen LogP contribution is 2.36. The largest absolute Gasteiger partial charge is 0.437 e. The number of aryl methyl sites for hydroxylation is 1. The number of ether oxygens (including phenoxy) is 2. The number of para-hydroxylation sites is 2. The first-order valence-electron chi connectivity index (χ1n) is 12.6. The molecule has 1 aliphatic heterocycles. The Bertz CT molecular complexity index is 1150. The smallest absolute Gasteiger partial charge is 0.227 e. The lowest BCUT2D eigenvalue weighted by molar-refractivity contribution is -0.137. The summed E-state index contributed by atoms with van der Waals surface area (Å²) < 4.78 is 14.1. The van der Waals surface area contributed by atoms with E-state index in [0.717, 1.165) is 62.1 Å². The first-order valence-corrected chi connectivity index (χ1v) is 12.9. The van der Waals surface area contributed by atoms with Gasteiger partial charge < -0.3 is 14.4 Å². The molecule has 0 bridgehead atoms. The Hall–Kier alpha value is -2.83. The third-order valence-electron chi connectivity index (χ3n) is 6.99. The van der Waals surface area contributed by atoms with E-state index in [-0.39, 0.29) is 17.9 Å². The molecule has 3 aromatic rings. The lowest BCUT2D eigenvalue weighted by Crippen LogP contribution is -2.40. The van der Waals surface area contributed by atoms with Crippen LogP contribution in [0.25, 0.3) is 5.69 Å². The van der Waals surface area contributed by atoms with Crippen LogP contribution in [0, 0.1) is 12.8 Å². The van der Waals surface area contributed by atoms with Crippen LogP contribution in [-0.2, 0) is 16.1 Å². The molecule has 1 atom stereocenters. The fourth-order valence-corrected chi connectivity index (χ4v) is 5.26. The molecule has 7 heteroatoms. The Morgan fingerprint density at radius 1 is 1.09 bits per heavy atom. The van der Waals surface area contributed by atoms with Crippen molar-refractivity contribution >= 4 is 17.5 Å². The molecule has 2 aliphatic rings. The molecule has 2 aromatic carbocycles. The van der Waals surface area contributed by atoms with Gasteiger partial charge in [-0.3, -0.25) is 4.79 Å². The second-order valence-corrected chi connectivity index (χ2v) is 9.89. The summed E-state index contributed by atoms with van der Waals surface area (Å²) in [4.78, 5) is 15.6. The van der Waals surface area contributed by atoms with Crippen molar-refractivity contribution in [2.45, 2.75) is 58.1 Å². The maximum Gasteiger partial charge on any atom is 0.227 e. The van der Waals surface area contributed by atoms with Gasteiger partial charge in [0.25, 0.3) is 0 Å². The number of carbonyl (C=O) groups excluding carboxylic acids is 1. The van der Waals surface area contributed by atoms with Gasteiger partial charge in [-0.25, -0.2) is 4.68 Å². The van der Waals surface area contributed by atoms with Gasteiger partial charge in [0.1, 0.15) is 5.75 Å². The SMILES string of the molecule is Cc1nn(-c2ccccc2)c(Oc2ccccc2Cl)c1CN(CC1CCCO1)C(=O)C1CCCC1.